The Labute approximate surface area is 88.4 Å². The molecule has 2 saturated heterocycles. The van der Waals surface area contributed by atoms with Crippen LogP contribution in [0.15, 0.2) is 12.2 Å². The molecule has 0 aromatic carbocycles. The number of carbonyl (C=O) groups excluding carboxylic acids is 1. The highest BCUT2D eigenvalue weighted by Gasteiger charge is 2.66. The van der Waals surface area contributed by atoms with Gasteiger partial charge in [-0.15, -0.1) is 0 Å². The summed E-state index contributed by atoms with van der Waals surface area (Å²) in [6.07, 6.45) is 7.52. The fourth-order valence-electron chi connectivity index (χ4n) is 4.03. The molecule has 2 aliphatic carbocycles. The molecule has 5 unspecified atom stereocenters. The number of fused-ring (bicyclic) bond motifs is 6. The van der Waals surface area contributed by atoms with Crippen molar-refractivity contribution in [2.24, 2.45) is 23.7 Å². The van der Waals surface area contributed by atoms with Crippen molar-refractivity contribution in [3.63, 3.8) is 0 Å². The fraction of sp³-hybridized carbons (Fsp3) is 0.750. The van der Waals surface area contributed by atoms with Gasteiger partial charge in [-0.05, 0) is 24.7 Å². The average molecular weight is 206 g/mol. The zero-order valence-corrected chi connectivity index (χ0v) is 8.52. The molecule has 0 aromatic rings. The van der Waals surface area contributed by atoms with E-state index in [9.17, 15) is 4.79 Å². The Balaban J connectivity index is 1.80. The van der Waals surface area contributed by atoms with Crippen LogP contribution in [0.5, 0.6) is 0 Å². The summed E-state index contributed by atoms with van der Waals surface area (Å²) in [5.41, 5.74) is 0. The summed E-state index contributed by atoms with van der Waals surface area (Å²) in [5, 5.41) is 0. The molecule has 0 N–H and O–H groups in total. The summed E-state index contributed by atoms with van der Waals surface area (Å²) >= 11 is 0. The van der Waals surface area contributed by atoms with Gasteiger partial charge in [0.1, 0.15) is 0 Å². The van der Waals surface area contributed by atoms with Gasteiger partial charge in [0.25, 0.3) is 0 Å². The van der Waals surface area contributed by atoms with Gasteiger partial charge in [0.2, 0.25) is 5.79 Å². The predicted molar refractivity (Wildman–Crippen MR) is 51.7 cm³/mol. The monoisotopic (exact) mass is 206 g/mol. The Hall–Kier alpha value is -0.830. The quantitative estimate of drug-likeness (QED) is 0.445. The van der Waals surface area contributed by atoms with Gasteiger partial charge in [-0.3, -0.25) is 4.79 Å². The first-order valence-corrected chi connectivity index (χ1v) is 5.85. The summed E-state index contributed by atoms with van der Waals surface area (Å²) in [4.78, 5) is 11.9. The second kappa shape index (κ2) is 2.46. The molecule has 1 saturated carbocycles. The third-order valence-electron chi connectivity index (χ3n) is 4.53. The highest BCUT2D eigenvalue weighted by molar-refractivity contribution is 5.77. The minimum Gasteiger partial charge on any atom is -0.432 e. The first-order valence-electron chi connectivity index (χ1n) is 5.85. The average Bonchev–Trinajstić information content (AvgIpc) is 2.93. The highest BCUT2D eigenvalue weighted by atomic mass is 16.7. The summed E-state index contributed by atoms with van der Waals surface area (Å²) in [5.74, 6) is 0.798. The number of hydrogen-bond donors (Lipinski definition) is 0. The maximum absolute atomic E-state index is 11.9. The third-order valence-corrected chi connectivity index (χ3v) is 4.53. The van der Waals surface area contributed by atoms with E-state index in [2.05, 4.69) is 12.2 Å². The molecule has 0 aromatic heterocycles. The minimum absolute atomic E-state index is 0.0150. The van der Waals surface area contributed by atoms with Gasteiger partial charge in [0.15, 0.2) is 0 Å². The molecule has 80 valence electrons. The molecule has 15 heavy (non-hydrogen) atoms. The molecule has 4 aliphatic rings. The van der Waals surface area contributed by atoms with Crippen LogP contribution in [-0.4, -0.2) is 18.4 Å². The number of ether oxygens (including phenoxy) is 2. The normalized spacial score (nSPS) is 55.3. The molecule has 3 nitrogen and oxygen atoms in total. The standard InChI is InChI=1S/C12H14O3/c13-11-9-7-2-3-8(6-7)10(9)12(15-11)4-1-5-14-12/h2-3,7-10H,1,4-6H2. The van der Waals surface area contributed by atoms with Crippen molar-refractivity contribution in [3.8, 4) is 0 Å². The first-order chi connectivity index (χ1) is 7.30. The van der Waals surface area contributed by atoms with E-state index >= 15 is 0 Å². The minimum atomic E-state index is -0.536. The fourth-order valence-corrected chi connectivity index (χ4v) is 4.03. The smallest absolute Gasteiger partial charge is 0.312 e. The van der Waals surface area contributed by atoms with Gasteiger partial charge in [-0.1, -0.05) is 12.2 Å². The molecule has 2 bridgehead atoms. The van der Waals surface area contributed by atoms with E-state index in [0.29, 0.717) is 17.8 Å². The second-order valence-electron chi connectivity index (χ2n) is 5.18. The van der Waals surface area contributed by atoms with Crippen molar-refractivity contribution >= 4 is 5.97 Å². The van der Waals surface area contributed by atoms with Crippen LogP contribution >= 0.6 is 0 Å². The van der Waals surface area contributed by atoms with Gasteiger partial charge < -0.3 is 9.47 Å². The lowest BCUT2D eigenvalue weighted by atomic mass is 9.79. The summed E-state index contributed by atoms with van der Waals surface area (Å²) in [6.45, 7) is 0.748. The van der Waals surface area contributed by atoms with Crippen LogP contribution in [0.1, 0.15) is 19.3 Å². The number of allylic oxidation sites excluding steroid dienone is 2. The number of rotatable bonds is 0. The molecular weight excluding hydrogens is 192 g/mol. The van der Waals surface area contributed by atoms with Gasteiger partial charge in [0, 0.05) is 12.3 Å². The van der Waals surface area contributed by atoms with Crippen molar-refractivity contribution in [3.05, 3.63) is 12.2 Å². The molecule has 2 aliphatic heterocycles. The first kappa shape index (κ1) is 8.34. The summed E-state index contributed by atoms with van der Waals surface area (Å²) in [7, 11) is 0. The highest BCUT2D eigenvalue weighted by Crippen LogP contribution is 2.59. The zero-order valence-electron chi connectivity index (χ0n) is 8.52. The Morgan fingerprint density at radius 1 is 1.33 bits per heavy atom. The molecule has 3 heteroatoms. The van der Waals surface area contributed by atoms with Crippen molar-refractivity contribution in [1.82, 2.24) is 0 Å². The van der Waals surface area contributed by atoms with Crippen LogP contribution in [0.25, 0.3) is 0 Å². The molecule has 0 amide bonds. The number of hydrogen-bond acceptors (Lipinski definition) is 3. The summed E-state index contributed by atoms with van der Waals surface area (Å²) in [6, 6.07) is 0. The molecular formula is C12H14O3. The van der Waals surface area contributed by atoms with Crippen LogP contribution in [-0.2, 0) is 14.3 Å². The Bertz CT molecular complexity index is 354. The molecule has 3 fully saturated rings. The van der Waals surface area contributed by atoms with E-state index in [-0.39, 0.29) is 11.9 Å². The van der Waals surface area contributed by atoms with Crippen molar-refractivity contribution in [2.75, 3.05) is 6.61 Å². The zero-order chi connectivity index (χ0) is 10.0. The van der Waals surface area contributed by atoms with E-state index in [1.807, 2.05) is 0 Å². The van der Waals surface area contributed by atoms with Crippen molar-refractivity contribution < 1.29 is 14.3 Å². The molecule has 0 radical (unpaired) electrons. The molecule has 5 atom stereocenters. The van der Waals surface area contributed by atoms with E-state index in [0.717, 1.165) is 25.9 Å². The maximum atomic E-state index is 11.9. The maximum Gasteiger partial charge on any atom is 0.312 e. The third kappa shape index (κ3) is 0.842. The molecule has 1 spiro atoms. The van der Waals surface area contributed by atoms with Gasteiger partial charge >= 0.3 is 5.97 Å². The lowest BCUT2D eigenvalue weighted by Gasteiger charge is -2.30. The Morgan fingerprint density at radius 2 is 2.20 bits per heavy atom. The van der Waals surface area contributed by atoms with E-state index in [1.54, 1.807) is 0 Å². The lowest BCUT2D eigenvalue weighted by molar-refractivity contribution is -0.209. The predicted octanol–water partition coefficient (Wildman–Crippen LogP) is 1.49. The molecule has 2 heterocycles. The number of esters is 1. The van der Waals surface area contributed by atoms with Crippen LogP contribution in [0.2, 0.25) is 0 Å². The largest absolute Gasteiger partial charge is 0.432 e. The topological polar surface area (TPSA) is 35.5 Å². The van der Waals surface area contributed by atoms with Crippen molar-refractivity contribution in [2.45, 2.75) is 25.0 Å². The van der Waals surface area contributed by atoms with E-state index in [4.69, 9.17) is 9.47 Å². The van der Waals surface area contributed by atoms with Gasteiger partial charge in [0.05, 0.1) is 12.5 Å². The Kier molecular flexibility index (Phi) is 1.37. The Morgan fingerprint density at radius 3 is 3.00 bits per heavy atom. The lowest BCUT2D eigenvalue weighted by Crippen LogP contribution is -2.38. The SMILES string of the molecule is O=C1OC2(CCCO2)C2C3C=CC(C3)C12. The van der Waals surface area contributed by atoms with Crippen molar-refractivity contribution in [1.29, 1.82) is 0 Å². The summed E-state index contributed by atoms with van der Waals surface area (Å²) < 4.78 is 11.3. The molecule has 4 rings (SSSR count). The van der Waals surface area contributed by atoms with Crippen LogP contribution in [0.3, 0.4) is 0 Å². The van der Waals surface area contributed by atoms with Crippen LogP contribution in [0, 0.1) is 23.7 Å². The van der Waals surface area contributed by atoms with Gasteiger partial charge in [-0.2, -0.15) is 0 Å². The van der Waals surface area contributed by atoms with Gasteiger partial charge in [-0.25, -0.2) is 0 Å². The van der Waals surface area contributed by atoms with E-state index < -0.39 is 5.79 Å². The van der Waals surface area contributed by atoms with Crippen LogP contribution < -0.4 is 0 Å². The van der Waals surface area contributed by atoms with Crippen LogP contribution in [0.4, 0.5) is 0 Å². The number of carbonyl (C=O) groups is 1. The van der Waals surface area contributed by atoms with E-state index in [1.165, 1.54) is 0 Å². The second-order valence-corrected chi connectivity index (χ2v) is 5.18.